The Bertz CT molecular complexity index is 297. The second-order valence-electron chi connectivity index (χ2n) is 2.03. The summed E-state index contributed by atoms with van der Waals surface area (Å²) in [5, 5.41) is 0.273. The number of ether oxygens (including phenoxy) is 1. The van der Waals surface area contributed by atoms with Crippen LogP contribution in [0.4, 0.5) is 14.5 Å². The number of pyridine rings is 1. The molecule has 0 radical (unpaired) electrons. The second-order valence-corrected chi connectivity index (χ2v) is 2.47. The van der Waals surface area contributed by atoms with Gasteiger partial charge in [0.15, 0.2) is 0 Å². The van der Waals surface area contributed by atoms with Crippen LogP contribution in [0.1, 0.15) is 0 Å². The van der Waals surface area contributed by atoms with Crippen molar-refractivity contribution in [2.24, 2.45) is 5.84 Å². The van der Waals surface area contributed by atoms with Gasteiger partial charge in [0.2, 0.25) is 5.88 Å². The van der Waals surface area contributed by atoms with Crippen LogP contribution in [0.15, 0.2) is 12.3 Å². The van der Waals surface area contributed by atoms with Crippen LogP contribution in [-0.2, 0) is 0 Å². The van der Waals surface area contributed by atoms with Crippen molar-refractivity contribution < 1.29 is 13.5 Å². The zero-order chi connectivity index (χ0) is 9.84. The molecule has 1 aromatic heterocycles. The molecule has 1 heterocycles. The molecule has 0 amide bonds. The zero-order valence-electron chi connectivity index (χ0n) is 6.30. The molecule has 0 aliphatic rings. The molecule has 0 aliphatic heterocycles. The summed E-state index contributed by atoms with van der Waals surface area (Å²) >= 11 is 5.53. The molecule has 3 N–H and O–H groups in total. The fraction of sp³-hybridized carbons (Fsp3) is 0.167. The van der Waals surface area contributed by atoms with Gasteiger partial charge in [-0.05, 0) is 6.07 Å². The van der Waals surface area contributed by atoms with Crippen LogP contribution in [0.25, 0.3) is 0 Å². The van der Waals surface area contributed by atoms with E-state index in [4.69, 9.17) is 17.4 Å². The number of nitrogens with two attached hydrogens (primary N) is 1. The van der Waals surface area contributed by atoms with Gasteiger partial charge >= 0.3 is 6.61 Å². The molecular formula is C6H6ClF2N3O. The third-order valence-corrected chi connectivity index (χ3v) is 1.38. The first kappa shape index (κ1) is 9.94. The highest BCUT2D eigenvalue weighted by atomic mass is 35.5. The van der Waals surface area contributed by atoms with Crippen molar-refractivity contribution in [3.05, 3.63) is 17.3 Å². The Morgan fingerprint density at radius 3 is 2.85 bits per heavy atom. The molecular weight excluding hydrogens is 204 g/mol. The number of nitrogens with one attached hydrogen (secondary N) is 1. The molecule has 0 atom stereocenters. The van der Waals surface area contributed by atoms with Crippen molar-refractivity contribution in [1.82, 2.24) is 4.98 Å². The number of hydrogen-bond donors (Lipinski definition) is 2. The number of anilines is 1. The lowest BCUT2D eigenvalue weighted by Crippen LogP contribution is -2.11. The maximum absolute atomic E-state index is 11.8. The lowest BCUT2D eigenvalue weighted by atomic mass is 10.4. The van der Waals surface area contributed by atoms with Gasteiger partial charge in [-0.1, -0.05) is 11.6 Å². The third kappa shape index (κ3) is 2.67. The summed E-state index contributed by atoms with van der Waals surface area (Å²) < 4.78 is 27.6. The van der Waals surface area contributed by atoms with Crippen molar-refractivity contribution >= 4 is 17.3 Å². The SMILES string of the molecule is NNc1cc(Cl)cnc1OC(F)F. The lowest BCUT2D eigenvalue weighted by molar-refractivity contribution is -0.0523. The fourth-order valence-corrected chi connectivity index (χ4v) is 0.866. The number of halogens is 3. The van der Waals surface area contributed by atoms with E-state index in [-0.39, 0.29) is 16.6 Å². The maximum atomic E-state index is 11.8. The van der Waals surface area contributed by atoms with Crippen LogP contribution >= 0.6 is 11.6 Å². The van der Waals surface area contributed by atoms with E-state index in [1.165, 1.54) is 12.3 Å². The third-order valence-electron chi connectivity index (χ3n) is 1.17. The minimum Gasteiger partial charge on any atom is -0.415 e. The highest BCUT2D eigenvalue weighted by Gasteiger charge is 2.10. The van der Waals surface area contributed by atoms with Crippen molar-refractivity contribution in [2.45, 2.75) is 6.61 Å². The van der Waals surface area contributed by atoms with Gasteiger partial charge in [-0.2, -0.15) is 8.78 Å². The quantitative estimate of drug-likeness (QED) is 0.587. The summed E-state index contributed by atoms with van der Waals surface area (Å²) in [5.74, 6) is 4.73. The molecule has 0 spiro atoms. The fourth-order valence-electron chi connectivity index (χ4n) is 0.708. The van der Waals surface area contributed by atoms with Crippen LogP contribution in [0.3, 0.4) is 0 Å². The molecule has 0 saturated heterocycles. The number of rotatable bonds is 3. The topological polar surface area (TPSA) is 60.2 Å². The van der Waals surface area contributed by atoms with Gasteiger partial charge in [-0.15, -0.1) is 0 Å². The lowest BCUT2D eigenvalue weighted by Gasteiger charge is -2.08. The summed E-state index contributed by atoms with van der Waals surface area (Å²) in [7, 11) is 0. The van der Waals surface area contributed by atoms with E-state index in [1.54, 1.807) is 0 Å². The van der Waals surface area contributed by atoms with E-state index in [2.05, 4.69) is 15.1 Å². The Morgan fingerprint density at radius 1 is 1.62 bits per heavy atom. The first-order valence-corrected chi connectivity index (χ1v) is 3.58. The highest BCUT2D eigenvalue weighted by Crippen LogP contribution is 2.25. The van der Waals surface area contributed by atoms with Crippen molar-refractivity contribution in [2.75, 3.05) is 5.43 Å². The van der Waals surface area contributed by atoms with Crippen molar-refractivity contribution in [3.63, 3.8) is 0 Å². The summed E-state index contributed by atoms with van der Waals surface area (Å²) in [6, 6.07) is 1.33. The van der Waals surface area contributed by atoms with Crippen LogP contribution in [0, 0.1) is 0 Å². The van der Waals surface area contributed by atoms with Gasteiger partial charge in [0.25, 0.3) is 0 Å². The van der Waals surface area contributed by atoms with Gasteiger partial charge in [0.05, 0.1) is 5.02 Å². The molecule has 1 aromatic rings. The number of nitrogens with zero attached hydrogens (tertiary/aromatic N) is 1. The average Bonchev–Trinajstić information content (AvgIpc) is 2.07. The van der Waals surface area contributed by atoms with Gasteiger partial charge in [-0.3, -0.25) is 5.84 Å². The minimum atomic E-state index is -2.94. The van der Waals surface area contributed by atoms with E-state index in [0.29, 0.717) is 0 Å². The van der Waals surface area contributed by atoms with Gasteiger partial charge in [-0.25, -0.2) is 4.98 Å². The Hall–Kier alpha value is -1.14. The molecule has 1 rings (SSSR count). The summed E-state index contributed by atoms with van der Waals surface area (Å²) in [6.45, 7) is -2.94. The molecule has 0 aliphatic carbocycles. The number of hydrazine groups is 1. The average molecular weight is 210 g/mol. The zero-order valence-corrected chi connectivity index (χ0v) is 7.05. The minimum absolute atomic E-state index is 0.104. The Morgan fingerprint density at radius 2 is 2.31 bits per heavy atom. The maximum Gasteiger partial charge on any atom is 0.388 e. The van der Waals surface area contributed by atoms with Gasteiger partial charge in [0.1, 0.15) is 5.69 Å². The van der Waals surface area contributed by atoms with Crippen molar-refractivity contribution in [3.8, 4) is 5.88 Å². The number of aromatic nitrogens is 1. The first-order valence-electron chi connectivity index (χ1n) is 3.20. The molecule has 4 nitrogen and oxygen atoms in total. The van der Waals surface area contributed by atoms with Crippen LogP contribution in [-0.4, -0.2) is 11.6 Å². The second kappa shape index (κ2) is 4.20. The summed E-state index contributed by atoms with van der Waals surface area (Å²) in [4.78, 5) is 3.51. The molecule has 0 aromatic carbocycles. The normalized spacial score (nSPS) is 10.2. The summed E-state index contributed by atoms with van der Waals surface area (Å²) in [6.07, 6.45) is 1.18. The van der Waals surface area contributed by atoms with E-state index in [1.807, 2.05) is 0 Å². The molecule has 13 heavy (non-hydrogen) atoms. The van der Waals surface area contributed by atoms with Crippen LogP contribution in [0.5, 0.6) is 5.88 Å². The number of alkyl halides is 2. The first-order chi connectivity index (χ1) is 6.13. The van der Waals surface area contributed by atoms with E-state index < -0.39 is 6.61 Å². The van der Waals surface area contributed by atoms with Crippen molar-refractivity contribution in [1.29, 1.82) is 0 Å². The Kier molecular flexibility index (Phi) is 3.21. The van der Waals surface area contributed by atoms with E-state index in [9.17, 15) is 8.78 Å². The van der Waals surface area contributed by atoms with E-state index >= 15 is 0 Å². The Labute approximate surface area is 77.6 Å². The molecule has 72 valence electrons. The molecule has 0 saturated carbocycles. The predicted octanol–water partition coefficient (Wildman–Crippen LogP) is 1.62. The Balaban J connectivity index is 2.92. The predicted molar refractivity (Wildman–Crippen MR) is 43.7 cm³/mol. The molecule has 0 fully saturated rings. The summed E-state index contributed by atoms with van der Waals surface area (Å²) in [5.41, 5.74) is 2.24. The number of nitrogen functional groups attached to an aromatic ring is 1. The van der Waals surface area contributed by atoms with Gasteiger partial charge < -0.3 is 10.2 Å². The van der Waals surface area contributed by atoms with E-state index in [0.717, 1.165) is 0 Å². The van der Waals surface area contributed by atoms with Gasteiger partial charge in [0, 0.05) is 6.20 Å². The molecule has 0 unspecified atom stereocenters. The van der Waals surface area contributed by atoms with Crippen LogP contribution in [0.2, 0.25) is 5.02 Å². The molecule has 7 heteroatoms. The largest absolute Gasteiger partial charge is 0.415 e. The molecule has 0 bridgehead atoms. The number of hydrogen-bond acceptors (Lipinski definition) is 4. The monoisotopic (exact) mass is 209 g/mol. The highest BCUT2D eigenvalue weighted by molar-refractivity contribution is 6.30. The van der Waals surface area contributed by atoms with Crippen LogP contribution < -0.4 is 16.0 Å². The smallest absolute Gasteiger partial charge is 0.388 e. The standard InChI is InChI=1S/C6H6ClF2N3O/c7-3-1-4(12-10)5(11-2-3)13-6(8)9/h1-2,6,12H,10H2.